The first-order valence-corrected chi connectivity index (χ1v) is 13.7. The second-order valence-electron chi connectivity index (χ2n) is 8.64. The topological polar surface area (TPSA) is 83.1 Å². The molecule has 0 aliphatic carbocycles. The number of nitrogens with zero attached hydrogens (tertiary/aromatic N) is 4. The second kappa shape index (κ2) is 9.50. The van der Waals surface area contributed by atoms with E-state index in [-0.39, 0.29) is 17.9 Å². The van der Waals surface area contributed by atoms with Gasteiger partial charge in [0, 0.05) is 62.8 Å². The van der Waals surface area contributed by atoms with Gasteiger partial charge in [0.25, 0.3) is 5.19 Å². The Morgan fingerprint density at radius 3 is 2.27 bits per heavy atom. The zero-order valence-electron chi connectivity index (χ0n) is 17.6. The van der Waals surface area contributed by atoms with Crippen LogP contribution in [0.1, 0.15) is 38.5 Å². The lowest BCUT2D eigenvalue weighted by molar-refractivity contribution is -0.138. The molecule has 3 fully saturated rings. The number of piperidine rings is 3. The molecule has 1 aromatic heterocycles. The molecule has 30 heavy (non-hydrogen) atoms. The maximum Gasteiger partial charge on any atom is 0.273 e. The highest BCUT2D eigenvalue weighted by atomic mass is 32.2. The number of rotatable bonds is 5. The normalized spacial score (nSPS) is 24.2. The van der Waals surface area contributed by atoms with Gasteiger partial charge in [-0.2, -0.15) is 0 Å². The fraction of sp³-hybridized carbons (Fsp3) is 0.800. The van der Waals surface area contributed by atoms with Crippen molar-refractivity contribution >= 4 is 27.3 Å². The van der Waals surface area contributed by atoms with Gasteiger partial charge in [-0.3, -0.25) is 9.69 Å². The average molecular weight is 457 g/mol. The fourth-order valence-electron chi connectivity index (χ4n) is 4.91. The summed E-state index contributed by atoms with van der Waals surface area (Å²) >= 11 is 1.54. The summed E-state index contributed by atoms with van der Waals surface area (Å²) < 4.78 is 30.8. The largest absolute Gasteiger partial charge is 0.467 e. The lowest BCUT2D eigenvalue weighted by Crippen LogP contribution is -2.51. The molecular formula is C20H32N4O4S2. The van der Waals surface area contributed by atoms with Crippen LogP contribution in [0.4, 0.5) is 0 Å². The molecule has 1 aromatic rings. The number of hydrogen-bond donors (Lipinski definition) is 0. The summed E-state index contributed by atoms with van der Waals surface area (Å²) in [4.78, 5) is 21.7. The van der Waals surface area contributed by atoms with E-state index in [0.29, 0.717) is 32.0 Å². The molecule has 0 atom stereocenters. The Morgan fingerprint density at radius 1 is 1.03 bits per heavy atom. The number of sulfonamides is 1. The number of ether oxygens (including phenoxy) is 1. The van der Waals surface area contributed by atoms with E-state index < -0.39 is 10.0 Å². The minimum atomic E-state index is -3.15. The number of carbonyl (C=O) groups is 1. The first kappa shape index (κ1) is 22.0. The molecule has 3 aliphatic rings. The van der Waals surface area contributed by atoms with Crippen molar-refractivity contribution in [2.45, 2.75) is 50.7 Å². The van der Waals surface area contributed by atoms with E-state index in [9.17, 15) is 13.2 Å². The van der Waals surface area contributed by atoms with Crippen LogP contribution in [0.2, 0.25) is 0 Å². The number of thiazole rings is 1. The summed E-state index contributed by atoms with van der Waals surface area (Å²) in [5.74, 6) is 0.190. The highest BCUT2D eigenvalue weighted by molar-refractivity contribution is 7.88. The van der Waals surface area contributed by atoms with Crippen LogP contribution in [-0.4, -0.2) is 91.1 Å². The Morgan fingerprint density at radius 2 is 1.70 bits per heavy atom. The Kier molecular flexibility index (Phi) is 6.96. The van der Waals surface area contributed by atoms with Gasteiger partial charge >= 0.3 is 0 Å². The van der Waals surface area contributed by atoms with Gasteiger partial charge in [-0.05, 0) is 38.5 Å². The summed E-state index contributed by atoms with van der Waals surface area (Å²) in [6.45, 7) is 4.63. The van der Waals surface area contributed by atoms with Gasteiger partial charge in [0.15, 0.2) is 0 Å². The molecule has 168 valence electrons. The molecule has 0 radical (unpaired) electrons. The number of aromatic nitrogens is 1. The van der Waals surface area contributed by atoms with Crippen molar-refractivity contribution in [1.82, 2.24) is 19.1 Å². The molecule has 1 amide bonds. The van der Waals surface area contributed by atoms with Crippen molar-refractivity contribution in [2.75, 3.05) is 45.5 Å². The van der Waals surface area contributed by atoms with Crippen molar-refractivity contribution in [3.05, 3.63) is 11.6 Å². The summed E-state index contributed by atoms with van der Waals surface area (Å²) in [5, 5.41) is 2.71. The SMILES string of the molecule is CS(=O)(=O)N1CCC(C(=O)N2CCC(N3CCC(Oc4nccs4)CC3)CC2)CC1. The Labute approximate surface area is 183 Å². The highest BCUT2D eigenvalue weighted by Crippen LogP contribution is 2.27. The first-order chi connectivity index (χ1) is 14.4. The van der Waals surface area contributed by atoms with Crippen LogP contribution in [0.25, 0.3) is 0 Å². The van der Waals surface area contributed by atoms with E-state index in [1.807, 2.05) is 10.3 Å². The van der Waals surface area contributed by atoms with Crippen molar-refractivity contribution in [1.29, 1.82) is 0 Å². The molecular weight excluding hydrogens is 424 g/mol. The summed E-state index contributed by atoms with van der Waals surface area (Å²) in [6, 6.07) is 0.543. The summed E-state index contributed by atoms with van der Waals surface area (Å²) in [5.41, 5.74) is 0. The van der Waals surface area contributed by atoms with E-state index in [1.54, 1.807) is 17.5 Å². The zero-order valence-corrected chi connectivity index (χ0v) is 19.2. The van der Waals surface area contributed by atoms with E-state index in [1.165, 1.54) is 10.6 Å². The van der Waals surface area contributed by atoms with Crippen LogP contribution in [0.15, 0.2) is 11.6 Å². The third-order valence-electron chi connectivity index (χ3n) is 6.72. The quantitative estimate of drug-likeness (QED) is 0.670. The van der Waals surface area contributed by atoms with Gasteiger partial charge in [0.2, 0.25) is 15.9 Å². The Balaban J connectivity index is 1.19. The molecule has 4 rings (SSSR count). The fourth-order valence-corrected chi connectivity index (χ4v) is 6.34. The van der Waals surface area contributed by atoms with Gasteiger partial charge < -0.3 is 9.64 Å². The molecule has 4 heterocycles. The van der Waals surface area contributed by atoms with Gasteiger partial charge in [0.1, 0.15) is 6.10 Å². The summed E-state index contributed by atoms with van der Waals surface area (Å²) in [6.07, 6.45) is 8.64. The van der Waals surface area contributed by atoms with E-state index in [4.69, 9.17) is 4.74 Å². The third-order valence-corrected chi connectivity index (χ3v) is 8.68. The van der Waals surface area contributed by atoms with Crippen molar-refractivity contribution in [3.8, 4) is 5.19 Å². The minimum absolute atomic E-state index is 0.0293. The number of hydrogen-bond acceptors (Lipinski definition) is 7. The number of amides is 1. The molecule has 0 aromatic carbocycles. The Bertz CT molecular complexity index is 793. The van der Waals surface area contributed by atoms with E-state index >= 15 is 0 Å². The average Bonchev–Trinajstić information content (AvgIpc) is 3.26. The highest BCUT2D eigenvalue weighted by Gasteiger charge is 2.34. The van der Waals surface area contributed by atoms with Crippen molar-refractivity contribution < 1.29 is 17.9 Å². The predicted molar refractivity (Wildman–Crippen MR) is 116 cm³/mol. The van der Waals surface area contributed by atoms with Crippen LogP contribution in [0, 0.1) is 5.92 Å². The van der Waals surface area contributed by atoms with E-state index in [2.05, 4.69) is 9.88 Å². The van der Waals surface area contributed by atoms with E-state index in [0.717, 1.165) is 57.1 Å². The van der Waals surface area contributed by atoms with Gasteiger partial charge in [-0.15, -0.1) is 0 Å². The molecule has 8 nitrogen and oxygen atoms in total. The molecule has 3 saturated heterocycles. The molecule has 10 heteroatoms. The minimum Gasteiger partial charge on any atom is -0.467 e. The molecule has 0 N–H and O–H groups in total. The summed E-state index contributed by atoms with van der Waals surface area (Å²) in [7, 11) is -3.15. The first-order valence-electron chi connectivity index (χ1n) is 10.9. The van der Waals surface area contributed by atoms with Crippen LogP contribution in [-0.2, 0) is 14.8 Å². The zero-order chi connectivity index (χ0) is 21.1. The Hall–Kier alpha value is -1.23. The van der Waals surface area contributed by atoms with Gasteiger partial charge in [-0.25, -0.2) is 17.7 Å². The van der Waals surface area contributed by atoms with Crippen LogP contribution in [0.5, 0.6) is 5.19 Å². The molecule has 0 saturated carbocycles. The third kappa shape index (κ3) is 5.33. The maximum atomic E-state index is 12.9. The smallest absolute Gasteiger partial charge is 0.273 e. The lowest BCUT2D eigenvalue weighted by atomic mass is 9.94. The number of carbonyl (C=O) groups excluding carboxylic acids is 1. The van der Waals surface area contributed by atoms with Crippen LogP contribution in [0.3, 0.4) is 0 Å². The van der Waals surface area contributed by atoms with Crippen molar-refractivity contribution in [3.63, 3.8) is 0 Å². The molecule has 0 bridgehead atoms. The maximum absolute atomic E-state index is 12.9. The molecule has 0 spiro atoms. The van der Waals surface area contributed by atoms with Gasteiger partial charge in [-0.1, -0.05) is 11.3 Å². The van der Waals surface area contributed by atoms with Crippen LogP contribution < -0.4 is 4.74 Å². The van der Waals surface area contributed by atoms with Gasteiger partial charge in [0.05, 0.1) is 6.26 Å². The number of likely N-dealkylation sites (tertiary alicyclic amines) is 2. The van der Waals surface area contributed by atoms with Crippen molar-refractivity contribution in [2.24, 2.45) is 5.92 Å². The second-order valence-corrected chi connectivity index (χ2v) is 11.5. The lowest BCUT2D eigenvalue weighted by Gasteiger charge is -2.42. The predicted octanol–water partition coefficient (Wildman–Crippen LogP) is 1.65. The van der Waals surface area contributed by atoms with Crippen LogP contribution >= 0.6 is 11.3 Å². The molecule has 0 unspecified atom stereocenters. The molecule has 3 aliphatic heterocycles. The standard InChI is InChI=1S/C20H32N4O4S2/c1-30(26,27)24-13-2-16(3-14-24)19(25)23-9-4-17(5-10-23)22-11-6-18(7-12-22)28-20-21-8-15-29-20/h8,15-18H,2-7,9-14H2,1H3. The monoisotopic (exact) mass is 456 g/mol.